The Balaban J connectivity index is 1.66. The number of para-hydroxylation sites is 1. The number of anilines is 1. The van der Waals surface area contributed by atoms with Gasteiger partial charge in [0.25, 0.3) is 0 Å². The quantitative estimate of drug-likeness (QED) is 0.535. The smallest absolute Gasteiger partial charge is 0.137 e. The summed E-state index contributed by atoms with van der Waals surface area (Å²) in [6.07, 6.45) is 5.15. The van der Waals surface area contributed by atoms with Gasteiger partial charge < -0.3 is 10.2 Å². The zero-order valence-corrected chi connectivity index (χ0v) is 17.2. The lowest BCUT2D eigenvalue weighted by Crippen LogP contribution is -2.54. The van der Waals surface area contributed by atoms with Gasteiger partial charge in [-0.15, -0.1) is 0 Å². The number of aryl methyl sites for hydroxylation is 1. The summed E-state index contributed by atoms with van der Waals surface area (Å²) in [5.74, 6) is 1.06. The zero-order chi connectivity index (χ0) is 20.3. The van der Waals surface area contributed by atoms with Crippen LogP contribution in [0.15, 0.2) is 49.2 Å². The molecule has 2 aromatic heterocycles. The fraction of sp³-hybridized carbons (Fsp3) is 0.280. The van der Waals surface area contributed by atoms with Gasteiger partial charge in [0.05, 0.1) is 17.2 Å². The van der Waals surface area contributed by atoms with Gasteiger partial charge in [0.1, 0.15) is 5.82 Å². The Hall–Kier alpha value is -3.18. The van der Waals surface area contributed by atoms with Crippen LogP contribution in [0.3, 0.4) is 0 Å². The first kappa shape index (κ1) is 17.7. The molecule has 1 spiro atoms. The number of fused-ring (bicyclic) bond motifs is 2. The number of nitrogens with zero attached hydrogens (tertiary/aromatic N) is 3. The lowest BCUT2D eigenvalue weighted by Gasteiger charge is -2.39. The van der Waals surface area contributed by atoms with E-state index in [1.165, 1.54) is 23.1 Å². The number of hydrogen-bond acceptors (Lipinski definition) is 4. The van der Waals surface area contributed by atoms with Crippen molar-refractivity contribution in [1.82, 2.24) is 20.5 Å². The normalized spacial score (nSPS) is 17.7. The van der Waals surface area contributed by atoms with Crippen molar-refractivity contribution in [2.75, 3.05) is 31.1 Å². The van der Waals surface area contributed by atoms with Crippen molar-refractivity contribution in [3.05, 3.63) is 60.3 Å². The van der Waals surface area contributed by atoms with E-state index in [1.54, 1.807) is 0 Å². The fourth-order valence-corrected chi connectivity index (χ4v) is 5.26. The maximum absolute atomic E-state index is 5.15. The van der Waals surface area contributed by atoms with Crippen LogP contribution in [-0.4, -0.2) is 41.4 Å². The van der Waals surface area contributed by atoms with Crippen molar-refractivity contribution >= 4 is 33.7 Å². The highest BCUT2D eigenvalue weighted by Crippen LogP contribution is 2.44. The predicted octanol–water partition coefficient (Wildman–Crippen LogP) is 4.53. The Labute approximate surface area is 175 Å². The summed E-state index contributed by atoms with van der Waals surface area (Å²) in [4.78, 5) is 7.62. The SMILES string of the molecule is C=Cc1c(N2CCC3(CNC3)C2)nc2ccccc2c1-c1c(C)ccc2[nH]ncc12. The second-order valence-electron chi connectivity index (χ2n) is 8.81. The van der Waals surface area contributed by atoms with Crippen LogP contribution in [0.5, 0.6) is 0 Å². The first-order valence-corrected chi connectivity index (χ1v) is 10.6. The van der Waals surface area contributed by atoms with Gasteiger partial charge in [-0.25, -0.2) is 4.98 Å². The molecule has 2 saturated heterocycles. The number of rotatable bonds is 3. The Morgan fingerprint density at radius 3 is 2.73 bits per heavy atom. The average Bonchev–Trinajstić information content (AvgIpc) is 3.40. The monoisotopic (exact) mass is 395 g/mol. The minimum absolute atomic E-state index is 0.409. The number of aromatic amines is 1. The van der Waals surface area contributed by atoms with E-state index in [4.69, 9.17) is 4.98 Å². The molecule has 5 heteroatoms. The summed E-state index contributed by atoms with van der Waals surface area (Å²) in [6, 6.07) is 12.7. The molecule has 4 aromatic rings. The molecule has 2 aliphatic rings. The molecule has 0 bridgehead atoms. The number of pyridine rings is 1. The third-order valence-corrected chi connectivity index (χ3v) is 6.93. The van der Waals surface area contributed by atoms with Crippen molar-refractivity contribution in [2.45, 2.75) is 13.3 Å². The van der Waals surface area contributed by atoms with Crippen LogP contribution >= 0.6 is 0 Å². The molecule has 6 rings (SSSR count). The maximum Gasteiger partial charge on any atom is 0.137 e. The van der Waals surface area contributed by atoms with Crippen LogP contribution in [0.25, 0.3) is 39.0 Å². The molecule has 2 N–H and O–H groups in total. The molecule has 2 aliphatic heterocycles. The molecule has 150 valence electrons. The van der Waals surface area contributed by atoms with Gasteiger partial charge in [0.2, 0.25) is 0 Å². The first-order chi connectivity index (χ1) is 14.7. The predicted molar refractivity (Wildman–Crippen MR) is 124 cm³/mol. The summed E-state index contributed by atoms with van der Waals surface area (Å²) in [5, 5.41) is 13.2. The molecule has 30 heavy (non-hydrogen) atoms. The highest BCUT2D eigenvalue weighted by atomic mass is 15.2. The maximum atomic E-state index is 5.15. The summed E-state index contributed by atoms with van der Waals surface area (Å²) in [6.45, 7) is 10.7. The number of benzene rings is 2. The molecule has 4 heterocycles. The molecule has 0 radical (unpaired) electrons. The zero-order valence-electron chi connectivity index (χ0n) is 17.2. The lowest BCUT2D eigenvalue weighted by molar-refractivity contribution is 0.199. The summed E-state index contributed by atoms with van der Waals surface area (Å²) < 4.78 is 0. The van der Waals surface area contributed by atoms with Gasteiger partial charge >= 0.3 is 0 Å². The van der Waals surface area contributed by atoms with Crippen LogP contribution in [0, 0.1) is 12.3 Å². The van der Waals surface area contributed by atoms with Crippen molar-refractivity contribution in [1.29, 1.82) is 0 Å². The van der Waals surface area contributed by atoms with E-state index >= 15 is 0 Å². The van der Waals surface area contributed by atoms with Crippen molar-refractivity contribution < 1.29 is 0 Å². The van der Waals surface area contributed by atoms with Gasteiger partial charge in [-0.3, -0.25) is 5.10 Å². The van der Waals surface area contributed by atoms with E-state index in [0.717, 1.165) is 59.4 Å². The van der Waals surface area contributed by atoms with Gasteiger partial charge in [0, 0.05) is 53.5 Å². The molecule has 5 nitrogen and oxygen atoms in total. The van der Waals surface area contributed by atoms with E-state index in [0.29, 0.717) is 5.41 Å². The average molecular weight is 396 g/mol. The minimum Gasteiger partial charge on any atom is -0.355 e. The third-order valence-electron chi connectivity index (χ3n) is 6.93. The molecule has 0 amide bonds. The number of H-pyrrole nitrogens is 1. The van der Waals surface area contributed by atoms with E-state index in [1.807, 2.05) is 12.3 Å². The third kappa shape index (κ3) is 2.45. The highest BCUT2D eigenvalue weighted by molar-refractivity contribution is 6.09. The summed E-state index contributed by atoms with van der Waals surface area (Å²) in [5.41, 5.74) is 7.27. The first-order valence-electron chi connectivity index (χ1n) is 10.6. The van der Waals surface area contributed by atoms with Crippen LogP contribution in [0.1, 0.15) is 17.5 Å². The van der Waals surface area contributed by atoms with Gasteiger partial charge in [-0.05, 0) is 36.6 Å². The molecule has 0 aliphatic carbocycles. The number of nitrogens with one attached hydrogen (secondary N) is 2. The largest absolute Gasteiger partial charge is 0.355 e. The molecule has 0 unspecified atom stereocenters. The van der Waals surface area contributed by atoms with Crippen LogP contribution in [-0.2, 0) is 0 Å². The second-order valence-corrected chi connectivity index (χ2v) is 8.81. The Morgan fingerprint density at radius 2 is 1.97 bits per heavy atom. The van der Waals surface area contributed by atoms with E-state index in [2.05, 4.69) is 70.3 Å². The van der Waals surface area contributed by atoms with Crippen molar-refractivity contribution in [3.63, 3.8) is 0 Å². The topological polar surface area (TPSA) is 56.8 Å². The minimum atomic E-state index is 0.409. The van der Waals surface area contributed by atoms with Gasteiger partial charge in [-0.2, -0.15) is 5.10 Å². The molecule has 0 saturated carbocycles. The summed E-state index contributed by atoms with van der Waals surface area (Å²) >= 11 is 0. The van der Waals surface area contributed by atoms with Crippen molar-refractivity contribution in [2.24, 2.45) is 5.41 Å². The number of hydrogen-bond donors (Lipinski definition) is 2. The van der Waals surface area contributed by atoms with Gasteiger partial charge in [0.15, 0.2) is 0 Å². The number of aromatic nitrogens is 3. The Morgan fingerprint density at radius 1 is 1.10 bits per heavy atom. The molecular weight excluding hydrogens is 370 g/mol. The Kier molecular flexibility index (Phi) is 3.77. The lowest BCUT2D eigenvalue weighted by atomic mass is 9.81. The van der Waals surface area contributed by atoms with E-state index in [-0.39, 0.29) is 0 Å². The van der Waals surface area contributed by atoms with Crippen molar-refractivity contribution in [3.8, 4) is 11.1 Å². The van der Waals surface area contributed by atoms with E-state index in [9.17, 15) is 0 Å². The fourth-order valence-electron chi connectivity index (χ4n) is 5.26. The van der Waals surface area contributed by atoms with Crippen LogP contribution in [0.4, 0.5) is 5.82 Å². The Bertz CT molecular complexity index is 1300. The molecule has 0 atom stereocenters. The van der Waals surface area contributed by atoms with Crippen LogP contribution in [0.2, 0.25) is 0 Å². The second kappa shape index (κ2) is 6.41. The summed E-state index contributed by atoms with van der Waals surface area (Å²) in [7, 11) is 0. The molecular formula is C25H25N5. The standard InChI is InChI=1S/C25H25N5/c1-3-17-23(22-16(2)8-9-21-19(22)12-27-29-21)18-6-4-5-7-20(18)28-24(17)30-11-10-25(15-30)13-26-14-25/h3-9,12,26H,1,10-11,13-15H2,2H3,(H,27,29). The van der Waals surface area contributed by atoms with Gasteiger partial charge in [-0.1, -0.05) is 36.9 Å². The molecule has 2 aromatic carbocycles. The van der Waals surface area contributed by atoms with E-state index < -0.39 is 0 Å². The molecule has 2 fully saturated rings. The highest BCUT2D eigenvalue weighted by Gasteiger charge is 2.43. The van der Waals surface area contributed by atoms with Crippen LogP contribution < -0.4 is 10.2 Å².